The highest BCUT2D eigenvalue weighted by atomic mass is 16.6. The minimum atomic E-state index is -1.08. The van der Waals surface area contributed by atoms with E-state index in [1.165, 1.54) is 12.1 Å². The summed E-state index contributed by atoms with van der Waals surface area (Å²) >= 11 is 0. The Morgan fingerprint density at radius 1 is 0.897 bits per heavy atom. The van der Waals surface area contributed by atoms with Crippen molar-refractivity contribution in [1.29, 1.82) is 0 Å². The van der Waals surface area contributed by atoms with Gasteiger partial charge in [0.1, 0.15) is 12.1 Å². The fourth-order valence-corrected chi connectivity index (χ4v) is 3.72. The molecule has 9 heteroatoms. The van der Waals surface area contributed by atoms with Crippen molar-refractivity contribution < 1.29 is 38.5 Å². The van der Waals surface area contributed by atoms with Crippen LogP contribution in [0.25, 0.3) is 0 Å². The van der Waals surface area contributed by atoms with E-state index in [9.17, 15) is 24.3 Å². The van der Waals surface area contributed by atoms with Gasteiger partial charge in [-0.1, -0.05) is 67.9 Å². The predicted octanol–water partition coefficient (Wildman–Crippen LogP) is 5.32. The molecule has 1 rings (SSSR count). The Kier molecular flexibility index (Phi) is 13.1. The second-order valence-corrected chi connectivity index (χ2v) is 12.6. The van der Waals surface area contributed by atoms with Crippen LogP contribution in [-0.4, -0.2) is 47.7 Å². The van der Waals surface area contributed by atoms with Crippen molar-refractivity contribution in [2.45, 2.75) is 107 Å². The number of esters is 3. The summed E-state index contributed by atoms with van der Waals surface area (Å²) in [7, 11) is 0. The zero-order valence-corrected chi connectivity index (χ0v) is 25.0. The first kappa shape index (κ1) is 34.1. The topological polar surface area (TPSA) is 128 Å². The lowest BCUT2D eigenvalue weighted by Crippen LogP contribution is -2.43. The van der Waals surface area contributed by atoms with Crippen molar-refractivity contribution in [2.75, 3.05) is 6.54 Å². The third-order valence-corrected chi connectivity index (χ3v) is 5.64. The normalized spacial score (nSPS) is 14.2. The van der Waals surface area contributed by atoms with Gasteiger partial charge in [-0.3, -0.25) is 19.2 Å². The minimum absolute atomic E-state index is 0.0559. The van der Waals surface area contributed by atoms with Crippen molar-refractivity contribution in [3.05, 3.63) is 23.8 Å². The van der Waals surface area contributed by atoms with Gasteiger partial charge in [0.2, 0.25) is 0 Å². The number of carboxylic acid groups (broad SMARTS) is 1. The molecule has 0 fully saturated rings. The molecule has 0 bridgehead atoms. The molecule has 2 unspecified atom stereocenters. The van der Waals surface area contributed by atoms with E-state index >= 15 is 0 Å². The summed E-state index contributed by atoms with van der Waals surface area (Å²) in [6.07, 6.45) is 1.43. The highest BCUT2D eigenvalue weighted by molar-refractivity contribution is 5.77. The summed E-state index contributed by atoms with van der Waals surface area (Å²) in [6.45, 7) is 17.1. The zero-order chi connectivity index (χ0) is 30.0. The zero-order valence-electron chi connectivity index (χ0n) is 25.0. The quantitative estimate of drug-likeness (QED) is 0.234. The number of hydrogen-bond donors (Lipinski definition) is 2. The maximum atomic E-state index is 12.6. The number of carbonyl (C=O) groups is 4. The molecule has 220 valence electrons. The van der Waals surface area contributed by atoms with Gasteiger partial charge in [0.05, 0.1) is 18.8 Å². The molecule has 0 saturated carbocycles. The van der Waals surface area contributed by atoms with Crippen LogP contribution in [0.2, 0.25) is 0 Å². The summed E-state index contributed by atoms with van der Waals surface area (Å²) in [4.78, 5) is 49.2. The highest BCUT2D eigenvalue weighted by Crippen LogP contribution is 2.32. The third kappa shape index (κ3) is 14.1. The van der Waals surface area contributed by atoms with Gasteiger partial charge < -0.3 is 24.6 Å². The van der Waals surface area contributed by atoms with E-state index in [-0.39, 0.29) is 60.0 Å². The molecule has 0 radical (unpaired) electrons. The summed E-state index contributed by atoms with van der Waals surface area (Å²) in [5, 5.41) is 12.7. The molecule has 1 aromatic rings. The number of hydrogen-bond acceptors (Lipinski definition) is 8. The number of ether oxygens (including phenoxy) is 3. The fraction of sp³-hybridized carbons (Fsp3) is 0.667. The Bertz CT molecular complexity index is 990. The van der Waals surface area contributed by atoms with Gasteiger partial charge in [0.25, 0.3) is 0 Å². The van der Waals surface area contributed by atoms with Gasteiger partial charge in [0.15, 0.2) is 11.5 Å². The summed E-state index contributed by atoms with van der Waals surface area (Å²) in [5.41, 5.74) is -0.0461. The van der Waals surface area contributed by atoms with E-state index in [0.717, 1.165) is 12.8 Å². The SMILES string of the molecule is CCCC(C)C(=O)OC(C)CN[C@@H](Cc1ccc(OC(=O)CC(C)(C)C)c(OC(=O)CC(C)(C)C)c1)C(=O)O. The monoisotopic (exact) mass is 549 g/mol. The second kappa shape index (κ2) is 15.0. The molecule has 1 aromatic carbocycles. The first-order valence-corrected chi connectivity index (χ1v) is 13.6. The Morgan fingerprint density at radius 3 is 1.92 bits per heavy atom. The van der Waals surface area contributed by atoms with Crippen molar-refractivity contribution in [3.8, 4) is 11.5 Å². The molecule has 3 atom stereocenters. The first-order chi connectivity index (χ1) is 17.9. The number of benzene rings is 1. The van der Waals surface area contributed by atoms with E-state index in [1.54, 1.807) is 13.0 Å². The molecule has 39 heavy (non-hydrogen) atoms. The molecular formula is C30H47NO8. The van der Waals surface area contributed by atoms with Crippen LogP contribution in [0.3, 0.4) is 0 Å². The Hall–Kier alpha value is -2.94. The van der Waals surface area contributed by atoms with Gasteiger partial charge in [-0.15, -0.1) is 0 Å². The number of carboxylic acids is 1. The molecule has 0 amide bonds. The maximum absolute atomic E-state index is 12.6. The minimum Gasteiger partial charge on any atom is -0.480 e. The van der Waals surface area contributed by atoms with E-state index in [2.05, 4.69) is 5.32 Å². The molecule has 0 aromatic heterocycles. The molecule has 0 aliphatic rings. The molecule has 0 aliphatic carbocycles. The fourth-order valence-electron chi connectivity index (χ4n) is 3.72. The van der Waals surface area contributed by atoms with Gasteiger partial charge in [-0.05, 0) is 48.3 Å². The van der Waals surface area contributed by atoms with Crippen LogP contribution < -0.4 is 14.8 Å². The Morgan fingerprint density at radius 2 is 1.44 bits per heavy atom. The second-order valence-electron chi connectivity index (χ2n) is 12.6. The standard InChI is InChI=1S/C30H47NO8/c1-10-11-19(2)28(36)37-20(3)18-31-22(27(34)35)14-21-12-13-23(38-25(32)16-29(4,5)6)24(15-21)39-26(33)17-30(7,8)9/h12-13,15,19-20,22,31H,10-11,14,16-18H2,1-9H3,(H,34,35)/t19?,20?,22-/m0/s1. The van der Waals surface area contributed by atoms with Crippen LogP contribution in [0.4, 0.5) is 0 Å². The van der Waals surface area contributed by atoms with Crippen molar-refractivity contribution >= 4 is 23.9 Å². The largest absolute Gasteiger partial charge is 0.480 e. The van der Waals surface area contributed by atoms with Crippen LogP contribution in [-0.2, 0) is 30.3 Å². The van der Waals surface area contributed by atoms with Gasteiger partial charge in [-0.2, -0.15) is 0 Å². The average molecular weight is 550 g/mol. The number of rotatable bonds is 14. The van der Waals surface area contributed by atoms with Crippen LogP contribution in [0, 0.1) is 16.7 Å². The van der Waals surface area contributed by atoms with Gasteiger partial charge in [0, 0.05) is 6.54 Å². The van der Waals surface area contributed by atoms with Crippen LogP contribution in [0.1, 0.15) is 93.6 Å². The first-order valence-electron chi connectivity index (χ1n) is 13.6. The van der Waals surface area contributed by atoms with E-state index in [1.807, 2.05) is 55.4 Å². The molecule has 9 nitrogen and oxygen atoms in total. The molecule has 2 N–H and O–H groups in total. The van der Waals surface area contributed by atoms with Gasteiger partial charge in [-0.25, -0.2) is 0 Å². The van der Waals surface area contributed by atoms with E-state index < -0.39 is 30.1 Å². The van der Waals surface area contributed by atoms with E-state index in [4.69, 9.17) is 14.2 Å². The van der Waals surface area contributed by atoms with Crippen molar-refractivity contribution in [1.82, 2.24) is 5.32 Å². The van der Waals surface area contributed by atoms with Crippen molar-refractivity contribution in [3.63, 3.8) is 0 Å². The summed E-state index contributed by atoms with van der Waals surface area (Å²) in [6, 6.07) is 3.67. The lowest BCUT2D eigenvalue weighted by Gasteiger charge is -2.21. The smallest absolute Gasteiger partial charge is 0.321 e. The maximum Gasteiger partial charge on any atom is 0.321 e. The summed E-state index contributed by atoms with van der Waals surface area (Å²) < 4.78 is 16.5. The Labute approximate surface area is 233 Å². The molecule has 0 saturated heterocycles. The molecular weight excluding hydrogens is 502 g/mol. The van der Waals surface area contributed by atoms with Crippen LogP contribution in [0.15, 0.2) is 18.2 Å². The molecule has 0 aliphatic heterocycles. The predicted molar refractivity (Wildman–Crippen MR) is 149 cm³/mol. The lowest BCUT2D eigenvalue weighted by atomic mass is 9.92. The van der Waals surface area contributed by atoms with Crippen molar-refractivity contribution in [2.24, 2.45) is 16.7 Å². The van der Waals surface area contributed by atoms with Crippen LogP contribution >= 0.6 is 0 Å². The molecule has 0 spiro atoms. The Balaban J connectivity index is 3.05. The molecule has 0 heterocycles. The van der Waals surface area contributed by atoms with E-state index in [0.29, 0.717) is 5.56 Å². The number of aliphatic carboxylic acids is 1. The number of nitrogens with one attached hydrogen (secondary N) is 1. The lowest BCUT2D eigenvalue weighted by molar-refractivity contribution is -0.152. The average Bonchev–Trinajstić information content (AvgIpc) is 2.75. The van der Waals surface area contributed by atoms with Crippen LogP contribution in [0.5, 0.6) is 11.5 Å². The van der Waals surface area contributed by atoms with Gasteiger partial charge >= 0.3 is 23.9 Å². The number of carbonyl (C=O) groups excluding carboxylic acids is 3. The third-order valence-electron chi connectivity index (χ3n) is 5.64. The summed E-state index contributed by atoms with van der Waals surface area (Å²) in [5.74, 6) is -2.42. The highest BCUT2D eigenvalue weighted by Gasteiger charge is 2.25.